The van der Waals surface area contributed by atoms with E-state index in [-0.39, 0.29) is 0 Å². The maximum atomic E-state index is 10.2. The summed E-state index contributed by atoms with van der Waals surface area (Å²) >= 11 is 0. The van der Waals surface area contributed by atoms with Crippen LogP contribution < -0.4 is 4.90 Å². The van der Waals surface area contributed by atoms with Crippen LogP contribution in [0.5, 0.6) is 0 Å². The van der Waals surface area contributed by atoms with Gasteiger partial charge in [-0.05, 0) is 52.8 Å². The minimum Gasteiger partial charge on any atom is -0.368 e. The molecule has 1 aliphatic heterocycles. The molecular weight excluding hydrogens is 412 g/mol. The molecule has 0 amide bonds. The number of piperazine rings is 1. The Morgan fingerprint density at radius 2 is 1.85 bits per heavy atom. The number of aldehydes is 1. The second kappa shape index (κ2) is 10.5. The summed E-state index contributed by atoms with van der Waals surface area (Å²) in [6.45, 7) is 10.7. The fourth-order valence-electron chi connectivity index (χ4n) is 4.96. The van der Waals surface area contributed by atoms with Crippen LogP contribution in [0.2, 0.25) is 0 Å². The van der Waals surface area contributed by atoms with Gasteiger partial charge in [0.2, 0.25) is 0 Å². The Hall–Kier alpha value is -2.67. The van der Waals surface area contributed by atoms with Crippen molar-refractivity contribution in [3.8, 4) is 11.3 Å². The number of H-pyrrole nitrogens is 1. The molecule has 2 fully saturated rings. The average molecular weight is 451 g/mol. The lowest BCUT2D eigenvalue weighted by molar-refractivity contribution is -0.111. The molecule has 7 heteroatoms. The van der Waals surface area contributed by atoms with Crippen LogP contribution in [0.15, 0.2) is 24.5 Å². The van der Waals surface area contributed by atoms with Crippen LogP contribution in [0.1, 0.15) is 57.7 Å². The van der Waals surface area contributed by atoms with Gasteiger partial charge in [-0.25, -0.2) is 4.98 Å². The van der Waals surface area contributed by atoms with E-state index in [1.54, 1.807) is 0 Å². The van der Waals surface area contributed by atoms with E-state index in [4.69, 9.17) is 0 Å². The van der Waals surface area contributed by atoms with Gasteiger partial charge in [-0.1, -0.05) is 19.3 Å². The number of fused-ring (bicyclic) bond motifs is 1. The fourth-order valence-corrected chi connectivity index (χ4v) is 4.96. The SMILES string of the molecule is Cc1c(-c2cc3c(N4CCN(C)CC4)ccnc3[nH]2)cnn1C(C)C.O=CC1CCCCC1. The lowest BCUT2D eigenvalue weighted by atomic mass is 9.91. The number of carbonyl (C=O) groups excluding carboxylic acids is 1. The molecule has 4 heterocycles. The van der Waals surface area contributed by atoms with Crippen LogP contribution in [-0.2, 0) is 4.79 Å². The Morgan fingerprint density at radius 1 is 1.12 bits per heavy atom. The van der Waals surface area contributed by atoms with Gasteiger partial charge in [-0.2, -0.15) is 5.10 Å². The quantitative estimate of drug-likeness (QED) is 0.577. The van der Waals surface area contributed by atoms with E-state index in [1.165, 1.54) is 36.0 Å². The Balaban J connectivity index is 0.000000275. The molecule has 3 aromatic rings. The van der Waals surface area contributed by atoms with Crippen molar-refractivity contribution in [1.29, 1.82) is 0 Å². The maximum Gasteiger partial charge on any atom is 0.139 e. The van der Waals surface area contributed by atoms with Gasteiger partial charge in [0.25, 0.3) is 0 Å². The predicted octanol–water partition coefficient (Wildman–Crippen LogP) is 4.83. The van der Waals surface area contributed by atoms with E-state index in [1.807, 2.05) is 12.4 Å². The van der Waals surface area contributed by atoms with Gasteiger partial charge in [0.15, 0.2) is 0 Å². The van der Waals surface area contributed by atoms with E-state index < -0.39 is 0 Å². The van der Waals surface area contributed by atoms with E-state index in [2.05, 4.69) is 69.5 Å². The summed E-state index contributed by atoms with van der Waals surface area (Å²) in [4.78, 5) is 23.0. The molecule has 3 aromatic heterocycles. The highest BCUT2D eigenvalue weighted by atomic mass is 16.1. The van der Waals surface area contributed by atoms with Crippen molar-refractivity contribution in [3.63, 3.8) is 0 Å². The topological polar surface area (TPSA) is 70.0 Å². The molecule has 0 aromatic carbocycles. The van der Waals surface area contributed by atoms with Gasteiger partial charge < -0.3 is 19.6 Å². The van der Waals surface area contributed by atoms with Crippen molar-refractivity contribution in [2.45, 2.75) is 58.9 Å². The first-order valence-corrected chi connectivity index (χ1v) is 12.4. The zero-order valence-corrected chi connectivity index (χ0v) is 20.5. The number of hydrogen-bond acceptors (Lipinski definition) is 5. The molecule has 2 aliphatic rings. The van der Waals surface area contributed by atoms with Gasteiger partial charge in [0.05, 0.1) is 11.9 Å². The summed E-state index contributed by atoms with van der Waals surface area (Å²) in [6.07, 6.45) is 11.1. The molecule has 33 heavy (non-hydrogen) atoms. The molecule has 1 N–H and O–H groups in total. The second-order valence-corrected chi connectivity index (χ2v) is 9.78. The normalized spacial score (nSPS) is 17.9. The van der Waals surface area contributed by atoms with Gasteiger partial charge in [0.1, 0.15) is 11.9 Å². The Labute approximate surface area is 197 Å². The van der Waals surface area contributed by atoms with Crippen LogP contribution in [0.4, 0.5) is 5.69 Å². The molecular formula is C26H38N6O. The molecule has 0 spiro atoms. The first-order chi connectivity index (χ1) is 16.0. The van der Waals surface area contributed by atoms with Gasteiger partial charge in [-0.3, -0.25) is 4.68 Å². The summed E-state index contributed by atoms with van der Waals surface area (Å²) in [5.74, 6) is 0.406. The maximum absolute atomic E-state index is 10.2. The third kappa shape index (κ3) is 5.29. The lowest BCUT2D eigenvalue weighted by Crippen LogP contribution is -2.44. The van der Waals surface area contributed by atoms with Crippen molar-refractivity contribution in [1.82, 2.24) is 24.6 Å². The predicted molar refractivity (Wildman–Crippen MR) is 135 cm³/mol. The number of nitrogens with one attached hydrogen (secondary N) is 1. The zero-order chi connectivity index (χ0) is 23.4. The van der Waals surface area contributed by atoms with Gasteiger partial charge in [-0.15, -0.1) is 0 Å². The standard InChI is InChI=1S/C19H26N6.C7H12O/c1-13(2)25-14(3)16(12-21-25)17-11-15-18(5-6-20-19(15)22-17)24-9-7-23(4)8-10-24;8-6-7-4-2-1-3-5-7/h5-6,11-13H,7-10H2,1-4H3,(H,20,22);6-7H,1-5H2. The van der Waals surface area contributed by atoms with Crippen LogP contribution in [0, 0.1) is 12.8 Å². The Morgan fingerprint density at radius 3 is 2.45 bits per heavy atom. The number of nitrogens with zero attached hydrogens (tertiary/aromatic N) is 5. The highest BCUT2D eigenvalue weighted by molar-refractivity contribution is 5.94. The van der Waals surface area contributed by atoms with Gasteiger partial charge in [0, 0.05) is 66.7 Å². The largest absolute Gasteiger partial charge is 0.368 e. The molecule has 0 unspecified atom stereocenters. The highest BCUT2D eigenvalue weighted by Gasteiger charge is 2.19. The average Bonchev–Trinajstić information content (AvgIpc) is 3.43. The first kappa shape index (κ1) is 23.5. The molecule has 5 rings (SSSR count). The van der Waals surface area contributed by atoms with E-state index in [0.29, 0.717) is 12.0 Å². The summed E-state index contributed by atoms with van der Waals surface area (Å²) in [7, 11) is 2.18. The Bertz CT molecular complexity index is 1050. The monoisotopic (exact) mass is 450 g/mol. The molecule has 7 nitrogen and oxygen atoms in total. The Kier molecular flexibility index (Phi) is 7.48. The molecule has 1 saturated carbocycles. The minimum atomic E-state index is 0.358. The minimum absolute atomic E-state index is 0.358. The molecule has 0 radical (unpaired) electrons. The molecule has 0 bridgehead atoms. The third-order valence-electron chi connectivity index (χ3n) is 7.02. The molecule has 1 aliphatic carbocycles. The van der Waals surface area contributed by atoms with Crippen molar-refractivity contribution in [2.24, 2.45) is 5.92 Å². The fraction of sp³-hybridized carbons (Fsp3) is 0.577. The van der Waals surface area contributed by atoms with Crippen molar-refractivity contribution >= 4 is 23.0 Å². The number of likely N-dealkylation sites (N-methyl/N-ethyl adjacent to an activating group) is 1. The summed E-state index contributed by atoms with van der Waals surface area (Å²) in [5, 5.41) is 5.74. The number of aromatic amines is 1. The van der Waals surface area contributed by atoms with Crippen LogP contribution in [0.25, 0.3) is 22.3 Å². The summed E-state index contributed by atoms with van der Waals surface area (Å²) in [6, 6.07) is 4.72. The van der Waals surface area contributed by atoms with Crippen molar-refractivity contribution in [2.75, 3.05) is 38.1 Å². The number of aromatic nitrogens is 4. The summed E-state index contributed by atoms with van der Waals surface area (Å²) in [5.41, 5.74) is 5.64. The molecule has 1 saturated heterocycles. The van der Waals surface area contributed by atoms with Crippen molar-refractivity contribution < 1.29 is 4.79 Å². The van der Waals surface area contributed by atoms with Crippen LogP contribution >= 0.6 is 0 Å². The number of anilines is 1. The van der Waals surface area contributed by atoms with E-state index >= 15 is 0 Å². The number of carbonyl (C=O) groups is 1. The molecule has 178 valence electrons. The third-order valence-corrected chi connectivity index (χ3v) is 7.02. The second-order valence-electron chi connectivity index (χ2n) is 9.78. The molecule has 0 atom stereocenters. The zero-order valence-electron chi connectivity index (χ0n) is 20.5. The van der Waals surface area contributed by atoms with E-state index in [0.717, 1.165) is 62.2 Å². The van der Waals surface area contributed by atoms with E-state index in [9.17, 15) is 4.79 Å². The van der Waals surface area contributed by atoms with Gasteiger partial charge >= 0.3 is 0 Å². The van der Waals surface area contributed by atoms with Crippen molar-refractivity contribution in [3.05, 3.63) is 30.2 Å². The summed E-state index contributed by atoms with van der Waals surface area (Å²) < 4.78 is 2.07. The van der Waals surface area contributed by atoms with Crippen LogP contribution in [-0.4, -0.2) is 64.2 Å². The lowest BCUT2D eigenvalue weighted by Gasteiger charge is -2.34. The smallest absolute Gasteiger partial charge is 0.139 e. The number of pyridine rings is 1. The first-order valence-electron chi connectivity index (χ1n) is 12.4. The number of rotatable bonds is 4. The highest BCUT2D eigenvalue weighted by Crippen LogP contribution is 2.32. The van der Waals surface area contributed by atoms with Crippen LogP contribution in [0.3, 0.4) is 0 Å². The number of hydrogen-bond donors (Lipinski definition) is 1.